The summed E-state index contributed by atoms with van der Waals surface area (Å²) >= 11 is 6.05. The largest absolute Gasteiger partial charge is 0.349 e. The standard InChI is InChI=1S/C18H18ClF2NO/c1-11-3-4-13(9-16(11)19)5-8-18(23)22-12(2)15-7-6-14(20)10-17(15)21/h3-4,6-7,9-10,12H,5,8H2,1-2H3,(H,22,23)/t12-/m0/s1. The summed E-state index contributed by atoms with van der Waals surface area (Å²) in [5, 5.41) is 3.39. The molecular formula is C18H18ClF2NO. The molecule has 0 aliphatic rings. The molecule has 0 aliphatic heterocycles. The number of nitrogens with one attached hydrogen (secondary N) is 1. The zero-order valence-electron chi connectivity index (χ0n) is 13.0. The van der Waals surface area contributed by atoms with Crippen LogP contribution in [0, 0.1) is 18.6 Å². The SMILES string of the molecule is Cc1ccc(CCC(=O)N[C@@H](C)c2ccc(F)cc2F)cc1Cl. The minimum atomic E-state index is -0.664. The van der Waals surface area contributed by atoms with E-state index in [0.717, 1.165) is 17.2 Å². The second kappa shape index (κ2) is 7.55. The van der Waals surface area contributed by atoms with Crippen molar-refractivity contribution in [2.24, 2.45) is 0 Å². The number of hydrogen-bond donors (Lipinski definition) is 1. The zero-order valence-corrected chi connectivity index (χ0v) is 13.8. The smallest absolute Gasteiger partial charge is 0.220 e. The van der Waals surface area contributed by atoms with Crippen molar-refractivity contribution in [3.8, 4) is 0 Å². The van der Waals surface area contributed by atoms with Gasteiger partial charge in [-0.15, -0.1) is 0 Å². The van der Waals surface area contributed by atoms with E-state index in [1.165, 1.54) is 12.1 Å². The molecule has 0 aliphatic carbocycles. The molecule has 0 radical (unpaired) electrons. The summed E-state index contributed by atoms with van der Waals surface area (Å²) in [5.41, 5.74) is 2.22. The van der Waals surface area contributed by atoms with Gasteiger partial charge in [-0.25, -0.2) is 8.78 Å². The third-order valence-corrected chi connectivity index (χ3v) is 4.09. The van der Waals surface area contributed by atoms with Crippen LogP contribution in [-0.4, -0.2) is 5.91 Å². The van der Waals surface area contributed by atoms with E-state index in [9.17, 15) is 13.6 Å². The first-order valence-electron chi connectivity index (χ1n) is 7.36. The number of hydrogen-bond acceptors (Lipinski definition) is 1. The van der Waals surface area contributed by atoms with E-state index in [4.69, 9.17) is 11.6 Å². The van der Waals surface area contributed by atoms with Gasteiger partial charge in [-0.05, 0) is 43.5 Å². The molecule has 1 N–H and O–H groups in total. The molecular weight excluding hydrogens is 320 g/mol. The van der Waals surface area contributed by atoms with Crippen LogP contribution in [0.1, 0.15) is 36.1 Å². The maximum atomic E-state index is 13.7. The lowest BCUT2D eigenvalue weighted by molar-refractivity contribution is -0.121. The predicted molar refractivity (Wildman–Crippen MR) is 87.4 cm³/mol. The minimum absolute atomic E-state index is 0.196. The van der Waals surface area contributed by atoms with Crippen molar-refractivity contribution < 1.29 is 13.6 Å². The Morgan fingerprint density at radius 3 is 2.61 bits per heavy atom. The summed E-state index contributed by atoms with van der Waals surface area (Å²) < 4.78 is 26.6. The molecule has 0 unspecified atom stereocenters. The van der Waals surface area contributed by atoms with Crippen LogP contribution in [0.25, 0.3) is 0 Å². The summed E-state index contributed by atoms with van der Waals surface area (Å²) in [6, 6.07) is 8.48. The van der Waals surface area contributed by atoms with Crippen LogP contribution in [0.3, 0.4) is 0 Å². The fraction of sp³-hybridized carbons (Fsp3) is 0.278. The number of amides is 1. The number of benzene rings is 2. The molecule has 23 heavy (non-hydrogen) atoms. The van der Waals surface area contributed by atoms with Crippen molar-refractivity contribution in [1.29, 1.82) is 0 Å². The summed E-state index contributed by atoms with van der Waals surface area (Å²) in [5.74, 6) is -1.50. The van der Waals surface area contributed by atoms with Gasteiger partial charge in [-0.2, -0.15) is 0 Å². The maximum absolute atomic E-state index is 13.7. The van der Waals surface area contributed by atoms with Crippen LogP contribution in [0.5, 0.6) is 0 Å². The Bertz CT molecular complexity index is 718. The van der Waals surface area contributed by atoms with Crippen LogP contribution in [0.2, 0.25) is 5.02 Å². The predicted octanol–water partition coefficient (Wildman–Crippen LogP) is 4.74. The van der Waals surface area contributed by atoms with E-state index in [1.807, 2.05) is 25.1 Å². The quantitative estimate of drug-likeness (QED) is 0.839. The molecule has 2 rings (SSSR count). The van der Waals surface area contributed by atoms with Crippen molar-refractivity contribution in [3.05, 3.63) is 69.7 Å². The molecule has 0 bridgehead atoms. The van der Waals surface area contributed by atoms with Crippen LogP contribution >= 0.6 is 11.6 Å². The Labute approximate surface area is 139 Å². The van der Waals surface area contributed by atoms with Gasteiger partial charge in [0.2, 0.25) is 5.91 Å². The van der Waals surface area contributed by atoms with Gasteiger partial charge in [0.15, 0.2) is 0 Å². The highest BCUT2D eigenvalue weighted by molar-refractivity contribution is 6.31. The van der Waals surface area contributed by atoms with Gasteiger partial charge < -0.3 is 5.32 Å². The van der Waals surface area contributed by atoms with E-state index in [0.29, 0.717) is 11.4 Å². The normalized spacial score (nSPS) is 12.0. The second-order valence-electron chi connectivity index (χ2n) is 5.54. The first-order chi connectivity index (χ1) is 10.9. The first kappa shape index (κ1) is 17.4. The lowest BCUT2D eigenvalue weighted by atomic mass is 10.1. The van der Waals surface area contributed by atoms with Crippen molar-refractivity contribution in [1.82, 2.24) is 5.32 Å². The molecule has 5 heteroatoms. The molecule has 0 saturated heterocycles. The molecule has 0 aromatic heterocycles. The van der Waals surface area contributed by atoms with Crippen molar-refractivity contribution in [3.63, 3.8) is 0 Å². The monoisotopic (exact) mass is 337 g/mol. The molecule has 2 nitrogen and oxygen atoms in total. The molecule has 0 fully saturated rings. The molecule has 2 aromatic rings. The van der Waals surface area contributed by atoms with Gasteiger partial charge in [0, 0.05) is 23.1 Å². The molecule has 0 spiro atoms. The van der Waals surface area contributed by atoms with E-state index >= 15 is 0 Å². The molecule has 1 amide bonds. The van der Waals surface area contributed by atoms with E-state index < -0.39 is 17.7 Å². The molecule has 1 atom stereocenters. The molecule has 122 valence electrons. The van der Waals surface area contributed by atoms with Crippen LogP contribution in [0.15, 0.2) is 36.4 Å². The molecule has 2 aromatic carbocycles. The van der Waals surface area contributed by atoms with Crippen LogP contribution < -0.4 is 5.32 Å². The van der Waals surface area contributed by atoms with Crippen molar-refractivity contribution in [2.45, 2.75) is 32.7 Å². The fourth-order valence-electron chi connectivity index (χ4n) is 2.29. The van der Waals surface area contributed by atoms with Gasteiger partial charge in [0.25, 0.3) is 0 Å². The summed E-state index contributed by atoms with van der Waals surface area (Å²) in [4.78, 5) is 12.0. The topological polar surface area (TPSA) is 29.1 Å². The minimum Gasteiger partial charge on any atom is -0.349 e. The van der Waals surface area contributed by atoms with E-state index in [1.54, 1.807) is 6.92 Å². The van der Waals surface area contributed by atoms with Crippen LogP contribution in [-0.2, 0) is 11.2 Å². The summed E-state index contributed by atoms with van der Waals surface area (Å²) in [6.07, 6.45) is 0.816. The average Bonchev–Trinajstić information content (AvgIpc) is 2.48. The summed E-state index contributed by atoms with van der Waals surface area (Å²) in [7, 11) is 0. The first-order valence-corrected chi connectivity index (χ1v) is 7.74. The number of carbonyl (C=O) groups excluding carboxylic acids is 1. The Morgan fingerprint density at radius 2 is 1.96 bits per heavy atom. The number of rotatable bonds is 5. The van der Waals surface area contributed by atoms with Gasteiger partial charge in [0.05, 0.1) is 6.04 Å². The lowest BCUT2D eigenvalue weighted by Gasteiger charge is -2.15. The highest BCUT2D eigenvalue weighted by Gasteiger charge is 2.14. The van der Waals surface area contributed by atoms with Gasteiger partial charge in [-0.1, -0.05) is 29.8 Å². The fourth-order valence-corrected chi connectivity index (χ4v) is 2.50. The van der Waals surface area contributed by atoms with Crippen LogP contribution in [0.4, 0.5) is 8.78 Å². The Morgan fingerprint density at radius 1 is 1.22 bits per heavy atom. The Kier molecular flexibility index (Phi) is 5.72. The van der Waals surface area contributed by atoms with Gasteiger partial charge in [-0.3, -0.25) is 4.79 Å². The Hall–Kier alpha value is -1.94. The average molecular weight is 338 g/mol. The van der Waals surface area contributed by atoms with Gasteiger partial charge >= 0.3 is 0 Å². The van der Waals surface area contributed by atoms with Gasteiger partial charge in [0.1, 0.15) is 11.6 Å². The molecule has 0 saturated carbocycles. The highest BCUT2D eigenvalue weighted by Crippen LogP contribution is 2.19. The number of aryl methyl sites for hydroxylation is 2. The van der Waals surface area contributed by atoms with Crippen molar-refractivity contribution >= 4 is 17.5 Å². The highest BCUT2D eigenvalue weighted by atomic mass is 35.5. The number of halogens is 3. The molecule has 0 heterocycles. The lowest BCUT2D eigenvalue weighted by Crippen LogP contribution is -2.27. The third-order valence-electron chi connectivity index (χ3n) is 3.68. The van der Waals surface area contributed by atoms with E-state index in [-0.39, 0.29) is 17.9 Å². The summed E-state index contributed by atoms with van der Waals surface area (Å²) in [6.45, 7) is 3.58. The van der Waals surface area contributed by atoms with E-state index in [2.05, 4.69) is 5.32 Å². The van der Waals surface area contributed by atoms with Crippen molar-refractivity contribution in [2.75, 3.05) is 0 Å². The zero-order chi connectivity index (χ0) is 17.0. The Balaban J connectivity index is 1.92. The second-order valence-corrected chi connectivity index (χ2v) is 5.95. The maximum Gasteiger partial charge on any atom is 0.220 e. The number of carbonyl (C=O) groups is 1. The third kappa shape index (κ3) is 4.76.